The van der Waals surface area contributed by atoms with E-state index in [4.69, 9.17) is 38.7 Å². The van der Waals surface area contributed by atoms with Crippen LogP contribution in [0.25, 0.3) is 0 Å². The van der Waals surface area contributed by atoms with E-state index < -0.39 is 11.9 Å². The molecule has 2 unspecified atom stereocenters. The summed E-state index contributed by atoms with van der Waals surface area (Å²) in [6.07, 6.45) is 0.604. The number of hydrogen-bond donors (Lipinski definition) is 2. The minimum absolute atomic E-state index is 0.302. The third kappa shape index (κ3) is 10.1. The van der Waals surface area contributed by atoms with Gasteiger partial charge in [0.1, 0.15) is 6.61 Å². The van der Waals surface area contributed by atoms with Crippen LogP contribution in [0.4, 0.5) is 0 Å². The van der Waals surface area contributed by atoms with Gasteiger partial charge in [0.15, 0.2) is 11.5 Å². The molecule has 2 rings (SSSR count). The second kappa shape index (κ2) is 13.0. The van der Waals surface area contributed by atoms with Gasteiger partial charge >= 0.3 is 11.9 Å². The molecule has 164 valence electrons. The van der Waals surface area contributed by atoms with Gasteiger partial charge in [0, 0.05) is 19.6 Å². The topological polar surface area (TPSA) is 115 Å². The zero-order valence-electron chi connectivity index (χ0n) is 17.4. The smallest absolute Gasteiger partial charge is 0.414 e. The van der Waals surface area contributed by atoms with Crippen LogP contribution in [0.5, 0.6) is 11.5 Å². The molecule has 0 spiro atoms. The van der Waals surface area contributed by atoms with E-state index in [2.05, 4.69) is 18.7 Å². The van der Waals surface area contributed by atoms with Crippen LogP contribution in [-0.4, -0.2) is 85.8 Å². The van der Waals surface area contributed by atoms with Crippen molar-refractivity contribution in [2.75, 3.05) is 46.6 Å². The van der Waals surface area contributed by atoms with E-state index in [-0.39, 0.29) is 0 Å². The lowest BCUT2D eigenvalue weighted by Gasteiger charge is -2.35. The Balaban J connectivity index is 0.000000612. The highest BCUT2D eigenvalue weighted by molar-refractivity contribution is 6.27. The van der Waals surface area contributed by atoms with Crippen molar-refractivity contribution in [3.63, 3.8) is 0 Å². The van der Waals surface area contributed by atoms with Crippen molar-refractivity contribution < 1.29 is 38.7 Å². The fourth-order valence-corrected chi connectivity index (χ4v) is 2.87. The van der Waals surface area contributed by atoms with Crippen molar-refractivity contribution in [1.82, 2.24) is 4.90 Å². The Bertz CT molecular complexity index is 629. The van der Waals surface area contributed by atoms with Crippen molar-refractivity contribution >= 4 is 11.9 Å². The highest BCUT2D eigenvalue weighted by Gasteiger charge is 2.21. The summed E-state index contributed by atoms with van der Waals surface area (Å²) >= 11 is 0. The Hall–Kier alpha value is -2.36. The molecule has 9 heteroatoms. The van der Waals surface area contributed by atoms with Gasteiger partial charge in [-0.2, -0.15) is 0 Å². The van der Waals surface area contributed by atoms with Crippen LogP contribution in [0.1, 0.15) is 19.4 Å². The van der Waals surface area contributed by atoms with Gasteiger partial charge in [-0.05, 0) is 38.5 Å². The first kappa shape index (κ1) is 24.7. The van der Waals surface area contributed by atoms with Crippen LogP contribution in [0.15, 0.2) is 18.2 Å². The number of ether oxygens (including phenoxy) is 4. The van der Waals surface area contributed by atoms with Crippen molar-refractivity contribution in [3.8, 4) is 11.5 Å². The van der Waals surface area contributed by atoms with Crippen molar-refractivity contribution in [2.45, 2.75) is 33.0 Å². The van der Waals surface area contributed by atoms with E-state index in [1.165, 1.54) is 0 Å². The monoisotopic (exact) mass is 413 g/mol. The van der Waals surface area contributed by atoms with Crippen LogP contribution in [0, 0.1) is 6.92 Å². The molecule has 1 aromatic carbocycles. The van der Waals surface area contributed by atoms with E-state index in [0.717, 1.165) is 36.7 Å². The Morgan fingerprint density at radius 3 is 2.24 bits per heavy atom. The lowest BCUT2D eigenvalue weighted by molar-refractivity contribution is -0.159. The fraction of sp³-hybridized carbons (Fsp3) is 0.600. The summed E-state index contributed by atoms with van der Waals surface area (Å²) in [5.41, 5.74) is 1.15. The highest BCUT2D eigenvalue weighted by Crippen LogP contribution is 2.27. The second-order valence-electron chi connectivity index (χ2n) is 6.74. The average Bonchev–Trinajstić information content (AvgIpc) is 2.65. The molecular weight excluding hydrogens is 382 g/mol. The Morgan fingerprint density at radius 2 is 1.69 bits per heavy atom. The molecule has 2 N–H and O–H groups in total. The van der Waals surface area contributed by atoms with E-state index >= 15 is 0 Å². The molecule has 1 heterocycles. The number of hydrogen-bond acceptors (Lipinski definition) is 7. The van der Waals surface area contributed by atoms with Crippen molar-refractivity contribution in [2.24, 2.45) is 0 Å². The first-order chi connectivity index (χ1) is 13.7. The van der Waals surface area contributed by atoms with Crippen LogP contribution in [-0.2, 0) is 19.1 Å². The summed E-state index contributed by atoms with van der Waals surface area (Å²) in [5, 5.41) is 14.8. The summed E-state index contributed by atoms with van der Waals surface area (Å²) in [6.45, 7) is 11.0. The Kier molecular flexibility index (Phi) is 11.0. The standard InChI is InChI=1S/C18H29NO4.C2H2O4/c1-14-5-6-17(18(11-14)20-4)22-10-9-21-8-7-19-12-15(2)23-16(3)13-19;3-1(4)2(5)6/h5-6,11,15-16H,7-10,12-13H2,1-4H3;(H,3,4)(H,5,6). The first-order valence-electron chi connectivity index (χ1n) is 9.42. The van der Waals surface area contributed by atoms with Crippen LogP contribution < -0.4 is 9.47 Å². The van der Waals surface area contributed by atoms with Gasteiger partial charge < -0.3 is 29.2 Å². The number of aliphatic carboxylic acids is 2. The molecule has 2 atom stereocenters. The van der Waals surface area contributed by atoms with Gasteiger partial charge in [0.05, 0.1) is 32.5 Å². The number of carbonyl (C=O) groups is 2. The molecule has 0 radical (unpaired) electrons. The number of nitrogens with zero attached hydrogens (tertiary/aromatic N) is 1. The molecule has 1 aromatic rings. The van der Waals surface area contributed by atoms with Crippen LogP contribution in [0.3, 0.4) is 0 Å². The summed E-state index contributed by atoms with van der Waals surface area (Å²) in [5.74, 6) is -2.12. The van der Waals surface area contributed by atoms with E-state index in [1.807, 2.05) is 25.1 Å². The van der Waals surface area contributed by atoms with Gasteiger partial charge in [-0.1, -0.05) is 6.07 Å². The predicted molar refractivity (Wildman–Crippen MR) is 106 cm³/mol. The van der Waals surface area contributed by atoms with Crippen LogP contribution in [0.2, 0.25) is 0 Å². The van der Waals surface area contributed by atoms with Crippen molar-refractivity contribution in [3.05, 3.63) is 23.8 Å². The molecule has 1 saturated heterocycles. The maximum Gasteiger partial charge on any atom is 0.414 e. The number of morpholine rings is 1. The molecule has 1 aliphatic heterocycles. The molecular formula is C20H31NO8. The number of methoxy groups -OCH3 is 1. The van der Waals surface area contributed by atoms with Gasteiger partial charge in [-0.25, -0.2) is 9.59 Å². The molecule has 0 bridgehead atoms. The van der Waals surface area contributed by atoms with Crippen LogP contribution >= 0.6 is 0 Å². The lowest BCUT2D eigenvalue weighted by atomic mass is 10.2. The number of benzene rings is 1. The zero-order valence-corrected chi connectivity index (χ0v) is 17.4. The second-order valence-corrected chi connectivity index (χ2v) is 6.74. The van der Waals surface area contributed by atoms with Gasteiger partial charge in [0.2, 0.25) is 0 Å². The summed E-state index contributed by atoms with van der Waals surface area (Å²) in [4.78, 5) is 20.6. The van der Waals surface area contributed by atoms with E-state index in [1.54, 1.807) is 7.11 Å². The molecule has 1 fully saturated rings. The molecule has 1 aliphatic rings. The highest BCUT2D eigenvalue weighted by atomic mass is 16.5. The predicted octanol–water partition coefficient (Wildman–Crippen LogP) is 1.66. The molecule has 9 nitrogen and oxygen atoms in total. The molecule has 0 aliphatic carbocycles. The van der Waals surface area contributed by atoms with Gasteiger partial charge in [-0.15, -0.1) is 0 Å². The summed E-state index contributed by atoms with van der Waals surface area (Å²) < 4.78 is 22.4. The molecule has 29 heavy (non-hydrogen) atoms. The SMILES string of the molecule is COc1cc(C)ccc1OCCOCCN1CC(C)OC(C)C1.O=C(O)C(=O)O. The number of aryl methyl sites for hydroxylation is 1. The maximum absolute atomic E-state index is 9.10. The minimum atomic E-state index is -1.82. The molecule has 0 amide bonds. The molecule has 0 saturated carbocycles. The maximum atomic E-state index is 9.10. The van der Waals surface area contributed by atoms with E-state index in [0.29, 0.717) is 32.0 Å². The Labute approximate surface area is 171 Å². The average molecular weight is 413 g/mol. The number of carboxylic acid groups (broad SMARTS) is 2. The quantitative estimate of drug-likeness (QED) is 0.485. The minimum Gasteiger partial charge on any atom is -0.493 e. The first-order valence-corrected chi connectivity index (χ1v) is 9.42. The fourth-order valence-electron chi connectivity index (χ4n) is 2.87. The third-order valence-corrected chi connectivity index (χ3v) is 4.03. The number of rotatable bonds is 8. The number of carboxylic acids is 2. The van der Waals surface area contributed by atoms with Gasteiger partial charge in [-0.3, -0.25) is 4.90 Å². The summed E-state index contributed by atoms with van der Waals surface area (Å²) in [7, 11) is 1.66. The third-order valence-electron chi connectivity index (χ3n) is 4.03. The lowest BCUT2D eigenvalue weighted by Crippen LogP contribution is -2.46. The zero-order chi connectivity index (χ0) is 21.8. The van der Waals surface area contributed by atoms with E-state index in [9.17, 15) is 0 Å². The van der Waals surface area contributed by atoms with Crippen molar-refractivity contribution in [1.29, 1.82) is 0 Å². The molecule has 0 aromatic heterocycles. The Morgan fingerprint density at radius 1 is 1.07 bits per heavy atom. The van der Waals surface area contributed by atoms with Gasteiger partial charge in [0.25, 0.3) is 0 Å². The normalized spacial score (nSPS) is 19.0. The largest absolute Gasteiger partial charge is 0.493 e. The summed E-state index contributed by atoms with van der Waals surface area (Å²) in [6, 6.07) is 5.92.